The van der Waals surface area contributed by atoms with E-state index in [1.165, 1.54) is 5.56 Å². The molecule has 1 atom stereocenters. The van der Waals surface area contributed by atoms with Gasteiger partial charge in [-0.25, -0.2) is 4.98 Å². The Hall–Kier alpha value is -2.14. The van der Waals surface area contributed by atoms with E-state index in [0.29, 0.717) is 12.5 Å². The Morgan fingerprint density at radius 2 is 2.04 bits per heavy atom. The molecule has 1 N–H and O–H groups in total. The third kappa shape index (κ3) is 3.85. The summed E-state index contributed by atoms with van der Waals surface area (Å²) in [6, 6.07) is 8.10. The maximum absolute atomic E-state index is 12.5. The molecular formula is C19H25N3O2. The molecule has 0 radical (unpaired) electrons. The topological polar surface area (TPSA) is 58.4 Å². The summed E-state index contributed by atoms with van der Waals surface area (Å²) in [7, 11) is 0. The zero-order valence-electron chi connectivity index (χ0n) is 14.2. The molecule has 1 aliphatic heterocycles. The standard InChI is InChI=1S/C19H25N3O2/c1-2-18-20-8-10-21(18)13-19(24)22-9-7-17(12-22)11-15-3-5-16(14-23)6-4-15/h3-6,8,10,17,23H,2,7,9,11-14H2,1H3/t17-/m1/s1. The first kappa shape index (κ1) is 16.7. The zero-order valence-corrected chi connectivity index (χ0v) is 14.2. The number of aliphatic hydroxyl groups is 1. The van der Waals surface area contributed by atoms with Crippen LogP contribution in [0.3, 0.4) is 0 Å². The molecular weight excluding hydrogens is 302 g/mol. The maximum atomic E-state index is 12.5. The summed E-state index contributed by atoms with van der Waals surface area (Å²) in [6.45, 7) is 4.20. The van der Waals surface area contributed by atoms with E-state index in [0.717, 1.165) is 43.7 Å². The van der Waals surface area contributed by atoms with Gasteiger partial charge in [0, 0.05) is 31.9 Å². The Balaban J connectivity index is 1.53. The molecule has 1 aromatic carbocycles. The van der Waals surface area contributed by atoms with Gasteiger partial charge in [-0.1, -0.05) is 31.2 Å². The van der Waals surface area contributed by atoms with Crippen LogP contribution in [0.5, 0.6) is 0 Å². The van der Waals surface area contributed by atoms with E-state index < -0.39 is 0 Å². The second-order valence-corrected chi connectivity index (χ2v) is 6.50. The van der Waals surface area contributed by atoms with Crippen LogP contribution in [0.15, 0.2) is 36.7 Å². The summed E-state index contributed by atoms with van der Waals surface area (Å²) in [5, 5.41) is 9.10. The number of carbonyl (C=O) groups is 1. The number of aryl methyl sites for hydroxylation is 1. The number of aliphatic hydroxyl groups excluding tert-OH is 1. The fourth-order valence-corrected chi connectivity index (χ4v) is 3.38. The monoisotopic (exact) mass is 327 g/mol. The molecule has 5 nitrogen and oxygen atoms in total. The van der Waals surface area contributed by atoms with E-state index in [-0.39, 0.29) is 12.5 Å². The van der Waals surface area contributed by atoms with Crippen molar-refractivity contribution in [2.45, 2.75) is 39.3 Å². The number of imidazole rings is 1. The highest BCUT2D eigenvalue weighted by Crippen LogP contribution is 2.21. The minimum Gasteiger partial charge on any atom is -0.392 e. The van der Waals surface area contributed by atoms with E-state index in [4.69, 9.17) is 5.11 Å². The van der Waals surface area contributed by atoms with Crippen molar-refractivity contribution in [2.75, 3.05) is 13.1 Å². The molecule has 1 aliphatic rings. The molecule has 1 amide bonds. The predicted molar refractivity (Wildman–Crippen MR) is 92.4 cm³/mol. The van der Waals surface area contributed by atoms with Gasteiger partial charge in [-0.3, -0.25) is 4.79 Å². The minimum atomic E-state index is 0.0833. The molecule has 1 fully saturated rings. The molecule has 2 aromatic rings. The van der Waals surface area contributed by atoms with Crippen LogP contribution >= 0.6 is 0 Å². The molecule has 0 spiro atoms. The third-order valence-corrected chi connectivity index (χ3v) is 4.79. The van der Waals surface area contributed by atoms with Crippen molar-refractivity contribution < 1.29 is 9.90 Å². The van der Waals surface area contributed by atoms with Gasteiger partial charge in [-0.15, -0.1) is 0 Å². The molecule has 1 saturated heterocycles. The average molecular weight is 327 g/mol. The number of nitrogens with zero attached hydrogens (tertiary/aromatic N) is 3. The summed E-state index contributed by atoms with van der Waals surface area (Å²) >= 11 is 0. The van der Waals surface area contributed by atoms with Crippen molar-refractivity contribution >= 4 is 5.91 Å². The number of amides is 1. The fraction of sp³-hybridized carbons (Fsp3) is 0.474. The molecule has 1 aromatic heterocycles. The van der Waals surface area contributed by atoms with Crippen molar-refractivity contribution in [3.63, 3.8) is 0 Å². The normalized spacial score (nSPS) is 17.4. The smallest absolute Gasteiger partial charge is 0.242 e. The molecule has 0 unspecified atom stereocenters. The molecule has 24 heavy (non-hydrogen) atoms. The van der Waals surface area contributed by atoms with Gasteiger partial charge in [-0.2, -0.15) is 0 Å². The molecule has 0 bridgehead atoms. The Morgan fingerprint density at radius 1 is 1.29 bits per heavy atom. The van der Waals surface area contributed by atoms with Gasteiger partial charge in [0.1, 0.15) is 12.4 Å². The van der Waals surface area contributed by atoms with Gasteiger partial charge >= 0.3 is 0 Å². The predicted octanol–water partition coefficient (Wildman–Crippen LogP) is 2.03. The number of hydrogen-bond acceptors (Lipinski definition) is 3. The van der Waals surface area contributed by atoms with Crippen molar-refractivity contribution in [3.05, 3.63) is 53.6 Å². The Bertz CT molecular complexity index is 678. The van der Waals surface area contributed by atoms with Gasteiger partial charge in [0.25, 0.3) is 0 Å². The second kappa shape index (κ2) is 7.62. The number of benzene rings is 1. The van der Waals surface area contributed by atoms with Crippen molar-refractivity contribution in [2.24, 2.45) is 5.92 Å². The van der Waals surface area contributed by atoms with Crippen LogP contribution in [-0.2, 0) is 30.8 Å². The van der Waals surface area contributed by atoms with Gasteiger partial charge < -0.3 is 14.6 Å². The van der Waals surface area contributed by atoms with Crippen LogP contribution in [0.4, 0.5) is 0 Å². The lowest BCUT2D eigenvalue weighted by Gasteiger charge is -2.17. The molecule has 2 heterocycles. The van der Waals surface area contributed by atoms with Gasteiger partial charge in [0.05, 0.1) is 6.61 Å². The number of carbonyl (C=O) groups excluding carboxylic acids is 1. The molecule has 0 aliphatic carbocycles. The number of rotatable bonds is 6. The lowest BCUT2D eigenvalue weighted by Crippen LogP contribution is -2.32. The highest BCUT2D eigenvalue weighted by Gasteiger charge is 2.26. The van der Waals surface area contributed by atoms with Crippen LogP contribution in [0.1, 0.15) is 30.3 Å². The Morgan fingerprint density at radius 3 is 2.75 bits per heavy atom. The van der Waals surface area contributed by atoms with Crippen LogP contribution < -0.4 is 0 Å². The largest absolute Gasteiger partial charge is 0.392 e. The minimum absolute atomic E-state index is 0.0833. The van der Waals surface area contributed by atoms with Crippen molar-refractivity contribution in [1.82, 2.24) is 14.5 Å². The SMILES string of the molecule is CCc1nccn1CC(=O)N1CC[C@H](Cc2ccc(CO)cc2)C1. The summed E-state index contributed by atoms with van der Waals surface area (Å²) in [5.41, 5.74) is 2.21. The van der Waals surface area contributed by atoms with Crippen LogP contribution in [0, 0.1) is 5.92 Å². The lowest BCUT2D eigenvalue weighted by atomic mass is 9.98. The number of hydrogen-bond donors (Lipinski definition) is 1. The average Bonchev–Trinajstić information content (AvgIpc) is 3.24. The second-order valence-electron chi connectivity index (χ2n) is 6.50. The van der Waals surface area contributed by atoms with Gasteiger partial charge in [-0.05, 0) is 29.9 Å². The molecule has 5 heteroatoms. The van der Waals surface area contributed by atoms with E-state index in [2.05, 4.69) is 24.0 Å². The van der Waals surface area contributed by atoms with Gasteiger partial charge in [0.15, 0.2) is 0 Å². The first-order valence-corrected chi connectivity index (χ1v) is 8.66. The first-order chi connectivity index (χ1) is 11.7. The van der Waals surface area contributed by atoms with Crippen LogP contribution in [0.25, 0.3) is 0 Å². The number of likely N-dealkylation sites (tertiary alicyclic amines) is 1. The highest BCUT2D eigenvalue weighted by molar-refractivity contribution is 5.76. The van der Waals surface area contributed by atoms with Crippen LogP contribution in [0.2, 0.25) is 0 Å². The van der Waals surface area contributed by atoms with Crippen LogP contribution in [-0.4, -0.2) is 38.6 Å². The van der Waals surface area contributed by atoms with E-state index in [1.54, 1.807) is 6.20 Å². The zero-order chi connectivity index (χ0) is 16.9. The number of aromatic nitrogens is 2. The first-order valence-electron chi connectivity index (χ1n) is 8.66. The summed E-state index contributed by atoms with van der Waals surface area (Å²) in [6.07, 6.45) is 6.52. The molecule has 3 rings (SSSR count). The summed E-state index contributed by atoms with van der Waals surface area (Å²) < 4.78 is 1.95. The Labute approximate surface area is 142 Å². The molecule has 0 saturated carbocycles. The fourth-order valence-electron chi connectivity index (χ4n) is 3.38. The lowest BCUT2D eigenvalue weighted by molar-refractivity contribution is -0.130. The summed E-state index contributed by atoms with van der Waals surface area (Å²) in [5.74, 6) is 1.66. The van der Waals surface area contributed by atoms with Crippen molar-refractivity contribution in [1.29, 1.82) is 0 Å². The van der Waals surface area contributed by atoms with Gasteiger partial charge in [0.2, 0.25) is 5.91 Å². The van der Waals surface area contributed by atoms with E-state index >= 15 is 0 Å². The van der Waals surface area contributed by atoms with E-state index in [1.807, 2.05) is 27.8 Å². The maximum Gasteiger partial charge on any atom is 0.242 e. The quantitative estimate of drug-likeness (QED) is 0.883. The summed E-state index contributed by atoms with van der Waals surface area (Å²) in [4.78, 5) is 18.8. The van der Waals surface area contributed by atoms with Crippen molar-refractivity contribution in [3.8, 4) is 0 Å². The Kier molecular flexibility index (Phi) is 5.30. The highest BCUT2D eigenvalue weighted by atomic mass is 16.3. The molecule has 128 valence electrons. The van der Waals surface area contributed by atoms with E-state index in [9.17, 15) is 4.79 Å². The third-order valence-electron chi connectivity index (χ3n) is 4.79.